The van der Waals surface area contributed by atoms with Gasteiger partial charge in [-0.2, -0.15) is 0 Å². The first-order valence-electron chi connectivity index (χ1n) is 12.9. The van der Waals surface area contributed by atoms with Crippen LogP contribution in [0.2, 0.25) is 0 Å². The van der Waals surface area contributed by atoms with Gasteiger partial charge in [-0.25, -0.2) is 9.97 Å². The van der Waals surface area contributed by atoms with Gasteiger partial charge in [0.25, 0.3) is 0 Å². The van der Waals surface area contributed by atoms with Crippen molar-refractivity contribution in [3.8, 4) is 11.1 Å². The zero-order valence-electron chi connectivity index (χ0n) is 20.9. The minimum absolute atomic E-state index is 0.677. The van der Waals surface area contributed by atoms with Crippen LogP contribution < -0.4 is 16.4 Å². The van der Waals surface area contributed by atoms with E-state index in [9.17, 15) is 0 Å². The van der Waals surface area contributed by atoms with Gasteiger partial charge < -0.3 is 21.3 Å². The van der Waals surface area contributed by atoms with Crippen molar-refractivity contribution in [1.29, 1.82) is 0 Å². The van der Waals surface area contributed by atoms with Crippen LogP contribution in [0.4, 0.5) is 17.3 Å². The van der Waals surface area contributed by atoms with E-state index in [4.69, 9.17) is 5.73 Å². The summed E-state index contributed by atoms with van der Waals surface area (Å²) in [5.41, 5.74) is 10.1. The predicted octanol–water partition coefficient (Wildman–Crippen LogP) is 4.57. The lowest BCUT2D eigenvalue weighted by molar-refractivity contribution is 0.126. The van der Waals surface area contributed by atoms with Gasteiger partial charge in [0.1, 0.15) is 11.6 Å². The Kier molecular flexibility index (Phi) is 9.46. The molecule has 4 rings (SSSR count). The molecule has 7 nitrogen and oxygen atoms in total. The van der Waals surface area contributed by atoms with E-state index in [-0.39, 0.29) is 0 Å². The molecule has 35 heavy (non-hydrogen) atoms. The van der Waals surface area contributed by atoms with Gasteiger partial charge in [-0.15, -0.1) is 0 Å². The molecule has 186 valence electrons. The van der Waals surface area contributed by atoms with Gasteiger partial charge in [0, 0.05) is 62.9 Å². The third kappa shape index (κ3) is 7.75. The number of benzene rings is 1. The summed E-state index contributed by atoms with van der Waals surface area (Å²) in [6.45, 7) is 10.6. The molecule has 0 spiro atoms. The molecule has 2 aromatic heterocycles. The number of hydrogen-bond acceptors (Lipinski definition) is 7. The molecular formula is C28H39N7. The van der Waals surface area contributed by atoms with E-state index in [1.807, 2.05) is 24.5 Å². The highest BCUT2D eigenvalue weighted by Crippen LogP contribution is 2.24. The normalized spacial score (nSPS) is 14.7. The number of anilines is 3. The Bertz CT molecular complexity index is 1030. The van der Waals surface area contributed by atoms with Crippen LogP contribution in [-0.2, 0) is 6.54 Å². The van der Waals surface area contributed by atoms with Crippen molar-refractivity contribution in [3.05, 3.63) is 66.5 Å². The number of nitrogens with two attached hydrogens (primary N) is 1. The molecule has 0 amide bonds. The highest BCUT2D eigenvalue weighted by Gasteiger charge is 2.16. The highest BCUT2D eigenvalue weighted by atomic mass is 15.3. The quantitative estimate of drug-likeness (QED) is 0.333. The van der Waals surface area contributed by atoms with E-state index >= 15 is 0 Å². The second-order valence-corrected chi connectivity index (χ2v) is 9.23. The van der Waals surface area contributed by atoms with Gasteiger partial charge in [0.05, 0.1) is 0 Å². The molecule has 3 aromatic rings. The zero-order valence-corrected chi connectivity index (χ0v) is 20.9. The lowest BCUT2D eigenvalue weighted by atomic mass is 10.1. The van der Waals surface area contributed by atoms with Crippen LogP contribution >= 0.6 is 0 Å². The molecule has 1 aliphatic rings. The van der Waals surface area contributed by atoms with Crippen molar-refractivity contribution >= 4 is 17.3 Å². The van der Waals surface area contributed by atoms with Crippen LogP contribution in [0.1, 0.15) is 31.7 Å². The fourth-order valence-electron chi connectivity index (χ4n) is 4.37. The molecule has 3 heterocycles. The average molecular weight is 474 g/mol. The number of pyridine rings is 2. The van der Waals surface area contributed by atoms with Crippen LogP contribution in [0.3, 0.4) is 0 Å². The van der Waals surface area contributed by atoms with Gasteiger partial charge in [-0.1, -0.05) is 25.5 Å². The summed E-state index contributed by atoms with van der Waals surface area (Å²) >= 11 is 0. The number of aromatic nitrogens is 2. The standard InChI is InChI=1S/C28H39N7/c1-2-3-14-34-15-17-35(18-16-34)22-23-6-4-7-26(19-23)33-28-20-24(10-13-31-28)25-8-9-27(32-21-25)30-12-5-11-29/h4,6-10,13,19-21H,2-3,5,11-12,14-18,22,29H2,1H3,(H,30,32)(H,31,33). The molecular weight excluding hydrogens is 434 g/mol. The number of rotatable bonds is 12. The van der Waals surface area contributed by atoms with Gasteiger partial charge >= 0.3 is 0 Å². The van der Waals surface area contributed by atoms with Crippen LogP contribution in [0.25, 0.3) is 11.1 Å². The smallest absolute Gasteiger partial charge is 0.130 e. The van der Waals surface area contributed by atoms with Crippen molar-refractivity contribution in [2.45, 2.75) is 32.7 Å². The second-order valence-electron chi connectivity index (χ2n) is 9.23. The topological polar surface area (TPSA) is 82.3 Å². The van der Waals surface area contributed by atoms with E-state index in [2.05, 4.69) is 73.7 Å². The molecule has 0 radical (unpaired) electrons. The summed E-state index contributed by atoms with van der Waals surface area (Å²) in [7, 11) is 0. The van der Waals surface area contributed by atoms with Crippen LogP contribution in [0.5, 0.6) is 0 Å². The van der Waals surface area contributed by atoms with Crippen molar-refractivity contribution in [2.24, 2.45) is 5.73 Å². The molecule has 0 unspecified atom stereocenters. The molecule has 1 saturated heterocycles. The number of piperazine rings is 1. The average Bonchev–Trinajstić information content (AvgIpc) is 2.89. The first-order valence-corrected chi connectivity index (χ1v) is 12.9. The molecule has 0 aliphatic carbocycles. The summed E-state index contributed by atoms with van der Waals surface area (Å²) in [5, 5.41) is 6.78. The maximum absolute atomic E-state index is 5.55. The summed E-state index contributed by atoms with van der Waals surface area (Å²) < 4.78 is 0. The molecule has 1 aliphatic heterocycles. The number of nitrogens with zero attached hydrogens (tertiary/aromatic N) is 4. The minimum Gasteiger partial charge on any atom is -0.370 e. The molecule has 0 saturated carbocycles. The molecule has 0 atom stereocenters. The molecule has 0 bridgehead atoms. The summed E-state index contributed by atoms with van der Waals surface area (Å²) in [5.74, 6) is 1.70. The van der Waals surface area contributed by atoms with Crippen LogP contribution in [0, 0.1) is 0 Å². The van der Waals surface area contributed by atoms with E-state index < -0.39 is 0 Å². The molecule has 7 heteroatoms. The third-order valence-electron chi connectivity index (χ3n) is 6.44. The summed E-state index contributed by atoms with van der Waals surface area (Å²) in [6.07, 6.45) is 7.24. The first-order chi connectivity index (χ1) is 17.2. The van der Waals surface area contributed by atoms with Crippen molar-refractivity contribution in [3.63, 3.8) is 0 Å². The van der Waals surface area contributed by atoms with Crippen molar-refractivity contribution < 1.29 is 0 Å². The Labute approximate surface area is 209 Å². The molecule has 4 N–H and O–H groups in total. The third-order valence-corrected chi connectivity index (χ3v) is 6.44. The van der Waals surface area contributed by atoms with Crippen LogP contribution in [-0.4, -0.2) is 65.6 Å². The molecule has 1 aromatic carbocycles. The van der Waals surface area contributed by atoms with Gasteiger partial charge in [0.2, 0.25) is 0 Å². The largest absolute Gasteiger partial charge is 0.370 e. The Morgan fingerprint density at radius 1 is 0.886 bits per heavy atom. The van der Waals surface area contributed by atoms with Gasteiger partial charge in [-0.05, 0) is 73.5 Å². The Hall–Kier alpha value is -3.00. The van der Waals surface area contributed by atoms with Crippen LogP contribution in [0.15, 0.2) is 60.9 Å². The maximum Gasteiger partial charge on any atom is 0.130 e. The number of nitrogens with one attached hydrogen (secondary N) is 2. The summed E-state index contributed by atoms with van der Waals surface area (Å²) in [4.78, 5) is 14.2. The monoisotopic (exact) mass is 473 g/mol. The lowest BCUT2D eigenvalue weighted by Crippen LogP contribution is -2.46. The Morgan fingerprint density at radius 2 is 1.74 bits per heavy atom. The van der Waals surface area contributed by atoms with E-state index in [0.717, 1.165) is 61.0 Å². The van der Waals surface area contributed by atoms with Gasteiger partial charge in [-0.3, -0.25) is 4.90 Å². The Balaban J connectivity index is 1.34. The number of hydrogen-bond donors (Lipinski definition) is 3. The van der Waals surface area contributed by atoms with Crippen molar-refractivity contribution in [2.75, 3.05) is 56.4 Å². The van der Waals surface area contributed by atoms with E-state index in [1.165, 1.54) is 38.0 Å². The van der Waals surface area contributed by atoms with Gasteiger partial charge in [0.15, 0.2) is 0 Å². The predicted molar refractivity (Wildman–Crippen MR) is 146 cm³/mol. The van der Waals surface area contributed by atoms with Crippen molar-refractivity contribution in [1.82, 2.24) is 19.8 Å². The zero-order chi connectivity index (χ0) is 24.3. The Morgan fingerprint density at radius 3 is 2.51 bits per heavy atom. The van der Waals surface area contributed by atoms with E-state index in [0.29, 0.717) is 6.54 Å². The SMILES string of the molecule is CCCCN1CCN(Cc2cccc(Nc3cc(-c4ccc(NCCCN)nc4)ccn3)c2)CC1. The fourth-order valence-corrected chi connectivity index (χ4v) is 4.37. The van der Waals surface area contributed by atoms with E-state index in [1.54, 1.807) is 0 Å². The minimum atomic E-state index is 0.677. The number of unbranched alkanes of at least 4 members (excludes halogenated alkanes) is 1. The fraction of sp³-hybridized carbons (Fsp3) is 0.429. The summed E-state index contributed by atoms with van der Waals surface area (Å²) in [6, 6.07) is 16.9. The first kappa shape index (κ1) is 25.1. The second kappa shape index (κ2) is 13.2. The maximum atomic E-state index is 5.55. The highest BCUT2D eigenvalue weighted by molar-refractivity contribution is 5.68. The molecule has 1 fully saturated rings. The lowest BCUT2D eigenvalue weighted by Gasteiger charge is -2.34.